The highest BCUT2D eigenvalue weighted by Crippen LogP contribution is 2.31. The second-order valence-electron chi connectivity index (χ2n) is 5.04. The second kappa shape index (κ2) is 7.81. The summed E-state index contributed by atoms with van der Waals surface area (Å²) in [6, 6.07) is 1.95. The lowest BCUT2D eigenvalue weighted by Crippen LogP contribution is -2.38. The zero-order valence-electron chi connectivity index (χ0n) is 11.8. The third-order valence-corrected chi connectivity index (χ3v) is 3.26. The normalized spacial score (nSPS) is 15.5. The molecule has 1 aliphatic carbocycles. The summed E-state index contributed by atoms with van der Waals surface area (Å²) in [5.74, 6) is 1.92. The van der Waals surface area contributed by atoms with Crippen molar-refractivity contribution in [1.82, 2.24) is 20.4 Å². The number of nitrogens with one attached hydrogen (secondary N) is 2. The van der Waals surface area contributed by atoms with Crippen LogP contribution in [-0.2, 0) is 6.54 Å². The van der Waals surface area contributed by atoms with Crippen LogP contribution in [0.2, 0.25) is 0 Å². The highest BCUT2D eigenvalue weighted by atomic mass is 15.3. The highest BCUT2D eigenvalue weighted by Gasteiger charge is 2.20. The third-order valence-electron chi connectivity index (χ3n) is 3.26. The van der Waals surface area contributed by atoms with Crippen LogP contribution in [0.4, 0.5) is 0 Å². The molecule has 0 amide bonds. The van der Waals surface area contributed by atoms with E-state index in [1.807, 2.05) is 23.1 Å². The molecular weight excluding hydrogens is 238 g/mol. The smallest absolute Gasteiger partial charge is 0.191 e. The van der Waals surface area contributed by atoms with Gasteiger partial charge in [0.05, 0.1) is 0 Å². The third kappa shape index (κ3) is 5.77. The van der Waals surface area contributed by atoms with E-state index >= 15 is 0 Å². The molecule has 19 heavy (non-hydrogen) atoms. The van der Waals surface area contributed by atoms with Crippen LogP contribution in [0.3, 0.4) is 0 Å². The zero-order valence-corrected chi connectivity index (χ0v) is 11.8. The predicted octanol–water partition coefficient (Wildman–Crippen LogP) is 1.63. The molecule has 0 aliphatic heterocycles. The molecule has 1 aromatic heterocycles. The van der Waals surface area contributed by atoms with Gasteiger partial charge in [0, 0.05) is 38.6 Å². The van der Waals surface area contributed by atoms with E-state index in [0.29, 0.717) is 0 Å². The van der Waals surface area contributed by atoms with Gasteiger partial charge < -0.3 is 10.6 Å². The maximum Gasteiger partial charge on any atom is 0.191 e. The summed E-state index contributed by atoms with van der Waals surface area (Å²) in [6.07, 6.45) is 8.92. The number of guanidine groups is 1. The molecule has 1 aromatic rings. The first-order valence-electron chi connectivity index (χ1n) is 7.38. The summed E-state index contributed by atoms with van der Waals surface area (Å²) >= 11 is 0. The molecule has 1 aliphatic rings. The van der Waals surface area contributed by atoms with Crippen LogP contribution >= 0.6 is 0 Å². The Morgan fingerprint density at radius 1 is 1.42 bits per heavy atom. The fourth-order valence-electron chi connectivity index (χ4n) is 2.00. The summed E-state index contributed by atoms with van der Waals surface area (Å²) in [5.41, 5.74) is 0. The molecule has 0 spiro atoms. The lowest BCUT2D eigenvalue weighted by Gasteiger charge is -2.10. The van der Waals surface area contributed by atoms with Crippen LogP contribution in [0.1, 0.15) is 32.6 Å². The molecule has 2 N–H and O–H groups in total. The van der Waals surface area contributed by atoms with Gasteiger partial charge in [-0.25, -0.2) is 0 Å². The minimum Gasteiger partial charge on any atom is -0.357 e. The van der Waals surface area contributed by atoms with Crippen molar-refractivity contribution in [3.05, 3.63) is 18.5 Å². The Bertz CT molecular complexity index is 367. The van der Waals surface area contributed by atoms with Crippen LogP contribution in [-0.4, -0.2) is 35.4 Å². The Morgan fingerprint density at radius 2 is 2.32 bits per heavy atom. The number of aromatic nitrogens is 2. The van der Waals surface area contributed by atoms with Gasteiger partial charge in [-0.1, -0.05) is 12.8 Å². The minimum absolute atomic E-state index is 0.832. The van der Waals surface area contributed by atoms with Crippen molar-refractivity contribution in [2.45, 2.75) is 39.2 Å². The Morgan fingerprint density at radius 3 is 3.00 bits per heavy atom. The molecule has 5 nitrogen and oxygen atoms in total. The van der Waals surface area contributed by atoms with E-state index in [2.05, 4.69) is 27.6 Å². The van der Waals surface area contributed by atoms with Crippen LogP contribution in [0.5, 0.6) is 0 Å². The van der Waals surface area contributed by atoms with Gasteiger partial charge >= 0.3 is 0 Å². The minimum atomic E-state index is 0.832. The van der Waals surface area contributed by atoms with E-state index in [9.17, 15) is 0 Å². The van der Waals surface area contributed by atoms with Crippen LogP contribution < -0.4 is 10.6 Å². The van der Waals surface area contributed by atoms with Crippen molar-refractivity contribution < 1.29 is 0 Å². The second-order valence-corrected chi connectivity index (χ2v) is 5.04. The maximum absolute atomic E-state index is 4.58. The summed E-state index contributed by atoms with van der Waals surface area (Å²) in [5, 5.41) is 10.9. The Kier molecular flexibility index (Phi) is 5.72. The molecule has 5 heteroatoms. The lowest BCUT2D eigenvalue weighted by atomic mass is 10.3. The molecule has 0 atom stereocenters. The molecule has 0 radical (unpaired) electrons. The van der Waals surface area contributed by atoms with Gasteiger partial charge in [0.1, 0.15) is 0 Å². The molecule has 106 valence electrons. The predicted molar refractivity (Wildman–Crippen MR) is 78.2 cm³/mol. The largest absolute Gasteiger partial charge is 0.357 e. The van der Waals surface area contributed by atoms with Gasteiger partial charge in [-0.3, -0.25) is 9.67 Å². The SMILES string of the molecule is CCNC(=NCCCn1cccn1)NCCC1CC1. The number of aryl methyl sites for hydroxylation is 1. The van der Waals surface area contributed by atoms with Gasteiger partial charge in [0.25, 0.3) is 0 Å². The first-order chi connectivity index (χ1) is 9.38. The first-order valence-corrected chi connectivity index (χ1v) is 7.38. The number of aliphatic imine (C=N–C) groups is 1. The van der Waals surface area contributed by atoms with Crippen molar-refractivity contribution in [2.75, 3.05) is 19.6 Å². The number of hydrogen-bond donors (Lipinski definition) is 2. The Balaban J connectivity index is 1.62. The summed E-state index contributed by atoms with van der Waals surface area (Å²) in [7, 11) is 0. The fraction of sp³-hybridized carbons (Fsp3) is 0.714. The molecule has 0 unspecified atom stereocenters. The number of hydrogen-bond acceptors (Lipinski definition) is 2. The van der Waals surface area contributed by atoms with E-state index in [-0.39, 0.29) is 0 Å². The van der Waals surface area contributed by atoms with Crippen LogP contribution in [0.15, 0.2) is 23.5 Å². The molecule has 1 saturated carbocycles. The van der Waals surface area contributed by atoms with Crippen molar-refractivity contribution in [1.29, 1.82) is 0 Å². The quantitative estimate of drug-likeness (QED) is 0.426. The molecule has 1 heterocycles. The zero-order chi connectivity index (χ0) is 13.3. The molecular formula is C14H25N5. The van der Waals surface area contributed by atoms with Crippen molar-refractivity contribution in [3.8, 4) is 0 Å². The summed E-state index contributed by atoms with van der Waals surface area (Å²) in [4.78, 5) is 4.58. The lowest BCUT2D eigenvalue weighted by molar-refractivity contribution is 0.583. The van der Waals surface area contributed by atoms with E-state index in [0.717, 1.165) is 44.5 Å². The van der Waals surface area contributed by atoms with Crippen LogP contribution in [0.25, 0.3) is 0 Å². The van der Waals surface area contributed by atoms with Gasteiger partial charge in [0.15, 0.2) is 5.96 Å². The van der Waals surface area contributed by atoms with Crippen molar-refractivity contribution in [3.63, 3.8) is 0 Å². The van der Waals surface area contributed by atoms with Crippen LogP contribution in [0, 0.1) is 5.92 Å². The van der Waals surface area contributed by atoms with E-state index in [4.69, 9.17) is 0 Å². The fourth-order valence-corrected chi connectivity index (χ4v) is 2.00. The molecule has 2 rings (SSSR count). The van der Waals surface area contributed by atoms with E-state index in [1.54, 1.807) is 0 Å². The number of rotatable bonds is 8. The van der Waals surface area contributed by atoms with Crippen molar-refractivity contribution >= 4 is 5.96 Å². The average molecular weight is 263 g/mol. The first kappa shape index (κ1) is 13.9. The number of nitrogens with zero attached hydrogens (tertiary/aromatic N) is 3. The Hall–Kier alpha value is -1.52. The van der Waals surface area contributed by atoms with E-state index in [1.165, 1.54) is 19.3 Å². The highest BCUT2D eigenvalue weighted by molar-refractivity contribution is 5.79. The van der Waals surface area contributed by atoms with Gasteiger partial charge in [-0.15, -0.1) is 0 Å². The Labute approximate surface area is 115 Å². The maximum atomic E-state index is 4.58. The van der Waals surface area contributed by atoms with Crippen molar-refractivity contribution in [2.24, 2.45) is 10.9 Å². The standard InChI is InChI=1S/C14H25N5/c1-2-15-14(17-10-7-13-5-6-13)16-8-3-11-19-12-4-9-18-19/h4,9,12-13H,2-3,5-8,10-11H2,1H3,(H2,15,16,17). The molecule has 0 aromatic carbocycles. The van der Waals surface area contributed by atoms with E-state index < -0.39 is 0 Å². The molecule has 0 saturated heterocycles. The van der Waals surface area contributed by atoms with Gasteiger partial charge in [-0.05, 0) is 31.7 Å². The summed E-state index contributed by atoms with van der Waals surface area (Å²) < 4.78 is 1.95. The van der Waals surface area contributed by atoms with Gasteiger partial charge in [-0.2, -0.15) is 5.10 Å². The average Bonchev–Trinajstić information content (AvgIpc) is 3.09. The topological polar surface area (TPSA) is 54.2 Å². The molecule has 1 fully saturated rings. The summed E-state index contributed by atoms with van der Waals surface area (Å²) in [6.45, 7) is 5.81. The van der Waals surface area contributed by atoms with Gasteiger partial charge in [0.2, 0.25) is 0 Å². The monoisotopic (exact) mass is 263 g/mol. The molecule has 0 bridgehead atoms.